The van der Waals surface area contributed by atoms with Crippen molar-refractivity contribution in [3.63, 3.8) is 0 Å². The van der Waals surface area contributed by atoms with Crippen molar-refractivity contribution >= 4 is 5.91 Å². The summed E-state index contributed by atoms with van der Waals surface area (Å²) in [6.45, 7) is 7.79. The summed E-state index contributed by atoms with van der Waals surface area (Å²) in [5.74, 6) is 0.324. The Labute approximate surface area is 163 Å². The SMILES string of the molecule is CCCCC(=O)N1CCC2(CC1)CN(Cc1ccccc1C#N)CCN2C. The van der Waals surface area contributed by atoms with Crippen LogP contribution in [0.3, 0.4) is 0 Å². The fourth-order valence-electron chi connectivity index (χ4n) is 4.49. The molecular formula is C22H32N4O. The predicted octanol–water partition coefficient (Wildman–Crippen LogP) is 2.86. The quantitative estimate of drug-likeness (QED) is 0.802. The summed E-state index contributed by atoms with van der Waals surface area (Å²) < 4.78 is 0. The molecule has 1 aromatic rings. The number of piperazine rings is 1. The summed E-state index contributed by atoms with van der Waals surface area (Å²) in [7, 11) is 2.23. The number of likely N-dealkylation sites (N-methyl/N-ethyl adjacent to an activating group) is 1. The summed E-state index contributed by atoms with van der Waals surface area (Å²) >= 11 is 0. The average Bonchev–Trinajstić information content (AvgIpc) is 2.70. The van der Waals surface area contributed by atoms with Gasteiger partial charge in [0.2, 0.25) is 5.91 Å². The Morgan fingerprint density at radius 3 is 2.63 bits per heavy atom. The molecule has 1 amide bonds. The lowest BCUT2D eigenvalue weighted by molar-refractivity contribution is -0.135. The zero-order valence-electron chi connectivity index (χ0n) is 16.8. The first-order valence-corrected chi connectivity index (χ1v) is 10.3. The second-order valence-electron chi connectivity index (χ2n) is 8.11. The topological polar surface area (TPSA) is 50.6 Å². The van der Waals surface area contributed by atoms with E-state index in [4.69, 9.17) is 0 Å². The van der Waals surface area contributed by atoms with Crippen LogP contribution in [0.15, 0.2) is 24.3 Å². The van der Waals surface area contributed by atoms with Gasteiger partial charge in [-0.05, 0) is 37.9 Å². The van der Waals surface area contributed by atoms with Crippen molar-refractivity contribution in [3.8, 4) is 6.07 Å². The number of piperidine rings is 1. The number of amides is 1. The van der Waals surface area contributed by atoms with Gasteiger partial charge in [-0.3, -0.25) is 14.6 Å². The molecule has 3 rings (SSSR count). The molecule has 2 fully saturated rings. The van der Waals surface area contributed by atoms with Gasteiger partial charge in [0.1, 0.15) is 0 Å². The van der Waals surface area contributed by atoms with Gasteiger partial charge in [0, 0.05) is 51.2 Å². The average molecular weight is 369 g/mol. The molecule has 1 spiro atoms. The van der Waals surface area contributed by atoms with Crippen LogP contribution in [-0.2, 0) is 11.3 Å². The van der Waals surface area contributed by atoms with Gasteiger partial charge in [-0.2, -0.15) is 5.26 Å². The summed E-state index contributed by atoms with van der Waals surface area (Å²) in [4.78, 5) is 19.4. The molecule has 2 aliphatic rings. The molecule has 5 nitrogen and oxygen atoms in total. The minimum absolute atomic E-state index is 0.154. The Bertz CT molecular complexity index is 688. The van der Waals surface area contributed by atoms with Crippen LogP contribution in [0.4, 0.5) is 0 Å². The fourth-order valence-corrected chi connectivity index (χ4v) is 4.49. The Kier molecular flexibility index (Phi) is 6.51. The molecule has 0 aliphatic carbocycles. The van der Waals surface area contributed by atoms with Crippen LogP contribution in [0.2, 0.25) is 0 Å². The van der Waals surface area contributed by atoms with Crippen molar-refractivity contribution in [1.82, 2.24) is 14.7 Å². The Morgan fingerprint density at radius 1 is 1.19 bits per heavy atom. The maximum Gasteiger partial charge on any atom is 0.222 e. The van der Waals surface area contributed by atoms with E-state index in [-0.39, 0.29) is 5.54 Å². The molecular weight excluding hydrogens is 336 g/mol. The highest BCUT2D eigenvalue weighted by Gasteiger charge is 2.42. The van der Waals surface area contributed by atoms with Crippen LogP contribution in [-0.4, -0.2) is 65.9 Å². The highest BCUT2D eigenvalue weighted by molar-refractivity contribution is 5.76. The van der Waals surface area contributed by atoms with E-state index >= 15 is 0 Å². The van der Waals surface area contributed by atoms with Crippen LogP contribution < -0.4 is 0 Å². The van der Waals surface area contributed by atoms with Gasteiger partial charge in [0.25, 0.3) is 0 Å². The number of likely N-dealkylation sites (tertiary alicyclic amines) is 1. The van der Waals surface area contributed by atoms with E-state index in [1.807, 2.05) is 18.2 Å². The van der Waals surface area contributed by atoms with Crippen LogP contribution in [0.1, 0.15) is 50.2 Å². The van der Waals surface area contributed by atoms with Crippen molar-refractivity contribution in [1.29, 1.82) is 5.26 Å². The van der Waals surface area contributed by atoms with E-state index in [1.165, 1.54) is 0 Å². The van der Waals surface area contributed by atoms with E-state index < -0.39 is 0 Å². The highest BCUT2D eigenvalue weighted by Crippen LogP contribution is 2.32. The standard InChI is InChI=1S/C22H32N4O/c1-3-4-9-21(27)26-12-10-22(11-13-26)18-25(15-14-24(22)2)17-20-8-6-5-7-19(20)16-23/h5-8H,3-4,9-15,17-18H2,1-2H3. The molecule has 0 unspecified atom stereocenters. The fraction of sp³-hybridized carbons (Fsp3) is 0.636. The molecule has 0 radical (unpaired) electrons. The number of unbranched alkanes of at least 4 members (excludes halogenated alkanes) is 1. The van der Waals surface area contributed by atoms with E-state index in [1.54, 1.807) is 0 Å². The summed E-state index contributed by atoms with van der Waals surface area (Å²) in [5.41, 5.74) is 2.05. The maximum atomic E-state index is 12.4. The molecule has 1 aromatic carbocycles. The second-order valence-corrected chi connectivity index (χ2v) is 8.11. The molecule has 5 heteroatoms. The van der Waals surface area contributed by atoms with Gasteiger partial charge in [-0.25, -0.2) is 0 Å². The third-order valence-electron chi connectivity index (χ3n) is 6.40. The number of nitriles is 1. The van der Waals surface area contributed by atoms with E-state index in [9.17, 15) is 10.1 Å². The number of carbonyl (C=O) groups is 1. The lowest BCUT2D eigenvalue weighted by atomic mass is 9.83. The molecule has 0 aromatic heterocycles. The van der Waals surface area contributed by atoms with Gasteiger partial charge in [0.15, 0.2) is 0 Å². The molecule has 0 bridgehead atoms. The first-order valence-electron chi connectivity index (χ1n) is 10.3. The highest BCUT2D eigenvalue weighted by atomic mass is 16.2. The molecule has 2 heterocycles. The molecule has 0 atom stereocenters. The third-order valence-corrected chi connectivity index (χ3v) is 6.40. The number of hydrogen-bond acceptors (Lipinski definition) is 4. The predicted molar refractivity (Wildman–Crippen MR) is 107 cm³/mol. The maximum absolute atomic E-state index is 12.4. The van der Waals surface area contributed by atoms with Gasteiger partial charge in [0.05, 0.1) is 11.6 Å². The van der Waals surface area contributed by atoms with Crippen molar-refractivity contribution < 1.29 is 4.79 Å². The number of carbonyl (C=O) groups excluding carboxylic acids is 1. The van der Waals surface area contributed by atoms with Gasteiger partial charge in [-0.1, -0.05) is 31.5 Å². The van der Waals surface area contributed by atoms with Crippen molar-refractivity contribution in [3.05, 3.63) is 35.4 Å². The molecule has 2 saturated heterocycles. The molecule has 146 valence electrons. The van der Waals surface area contributed by atoms with Crippen LogP contribution in [0.5, 0.6) is 0 Å². The minimum Gasteiger partial charge on any atom is -0.343 e. The minimum atomic E-state index is 0.154. The molecule has 0 N–H and O–H groups in total. The van der Waals surface area contributed by atoms with Crippen molar-refractivity contribution in [2.75, 3.05) is 39.8 Å². The Morgan fingerprint density at radius 2 is 1.93 bits per heavy atom. The van der Waals surface area contributed by atoms with E-state index in [2.05, 4.69) is 40.8 Å². The van der Waals surface area contributed by atoms with E-state index in [0.29, 0.717) is 12.3 Å². The zero-order valence-corrected chi connectivity index (χ0v) is 16.8. The summed E-state index contributed by atoms with van der Waals surface area (Å²) in [5, 5.41) is 9.36. The summed E-state index contributed by atoms with van der Waals surface area (Å²) in [6.07, 6.45) is 4.84. The first-order chi connectivity index (χ1) is 13.1. The molecule has 27 heavy (non-hydrogen) atoms. The number of benzene rings is 1. The smallest absolute Gasteiger partial charge is 0.222 e. The molecule has 2 aliphatic heterocycles. The third kappa shape index (κ3) is 4.51. The van der Waals surface area contributed by atoms with Gasteiger partial charge < -0.3 is 4.90 Å². The van der Waals surface area contributed by atoms with Crippen molar-refractivity contribution in [2.24, 2.45) is 0 Å². The second kappa shape index (κ2) is 8.86. The zero-order chi connectivity index (χ0) is 19.3. The Hall–Kier alpha value is -1.90. The number of hydrogen-bond donors (Lipinski definition) is 0. The van der Waals surface area contributed by atoms with Gasteiger partial charge in [-0.15, -0.1) is 0 Å². The van der Waals surface area contributed by atoms with E-state index in [0.717, 1.165) is 76.1 Å². The first kappa shape index (κ1) is 19.9. The van der Waals surface area contributed by atoms with Crippen LogP contribution >= 0.6 is 0 Å². The summed E-state index contributed by atoms with van der Waals surface area (Å²) in [6, 6.07) is 10.2. The van der Waals surface area contributed by atoms with Crippen LogP contribution in [0.25, 0.3) is 0 Å². The van der Waals surface area contributed by atoms with Crippen molar-refractivity contribution in [2.45, 2.75) is 51.1 Å². The lowest BCUT2D eigenvalue weighted by Crippen LogP contribution is -2.64. The largest absolute Gasteiger partial charge is 0.343 e. The monoisotopic (exact) mass is 368 g/mol. The molecule has 0 saturated carbocycles. The normalized spacial score (nSPS) is 20.6. The lowest BCUT2D eigenvalue weighted by Gasteiger charge is -2.53. The number of rotatable bonds is 5. The van der Waals surface area contributed by atoms with Gasteiger partial charge >= 0.3 is 0 Å². The van der Waals surface area contributed by atoms with Crippen LogP contribution in [0, 0.1) is 11.3 Å². The number of nitrogens with zero attached hydrogens (tertiary/aromatic N) is 4. The Balaban J connectivity index is 1.62.